The Balaban J connectivity index is 1.55. The number of anilines is 3. The first kappa shape index (κ1) is 21.8. The fourth-order valence-electron chi connectivity index (χ4n) is 4.02. The zero-order valence-corrected chi connectivity index (χ0v) is 19.5. The average Bonchev–Trinajstić information content (AvgIpc) is 2.88. The quantitative estimate of drug-likeness (QED) is 0.544. The molecule has 3 aromatic rings. The van der Waals surface area contributed by atoms with Crippen molar-refractivity contribution in [2.24, 2.45) is 0 Å². The van der Waals surface area contributed by atoms with Crippen molar-refractivity contribution in [2.75, 3.05) is 73.0 Å². The highest BCUT2D eigenvalue weighted by Crippen LogP contribution is 2.30. The molecule has 5 rings (SSSR count). The maximum Gasteiger partial charge on any atom is 0.258 e. The van der Waals surface area contributed by atoms with Gasteiger partial charge in [-0.25, -0.2) is 9.97 Å². The first-order chi connectivity index (χ1) is 16.2. The Bertz CT molecular complexity index is 1130. The number of aromatic nitrogens is 4. The molecule has 33 heavy (non-hydrogen) atoms. The maximum atomic E-state index is 11.9. The van der Waals surface area contributed by atoms with E-state index in [1.165, 1.54) is 0 Å². The normalized spacial score (nSPS) is 17.4. The van der Waals surface area contributed by atoms with Crippen molar-refractivity contribution < 1.29 is 8.95 Å². The van der Waals surface area contributed by atoms with Gasteiger partial charge < -0.3 is 25.2 Å². The minimum Gasteiger partial charge on any atom is -0.478 e. The Morgan fingerprint density at radius 2 is 1.76 bits per heavy atom. The van der Waals surface area contributed by atoms with E-state index in [-0.39, 0.29) is 0 Å². The van der Waals surface area contributed by atoms with Gasteiger partial charge in [-0.2, -0.15) is 9.97 Å². The van der Waals surface area contributed by atoms with Crippen molar-refractivity contribution >= 4 is 39.5 Å². The van der Waals surface area contributed by atoms with E-state index in [0.29, 0.717) is 60.0 Å². The van der Waals surface area contributed by atoms with E-state index in [1.54, 1.807) is 7.11 Å². The van der Waals surface area contributed by atoms with Crippen molar-refractivity contribution in [3.63, 3.8) is 0 Å². The second-order valence-corrected chi connectivity index (χ2v) is 9.71. The molecule has 0 aliphatic carbocycles. The molecule has 2 aliphatic heterocycles. The van der Waals surface area contributed by atoms with Gasteiger partial charge in [0.25, 0.3) is 5.88 Å². The Hall–Kier alpha value is -3.05. The summed E-state index contributed by atoms with van der Waals surface area (Å²) in [6, 6.07) is 10.1. The lowest BCUT2D eigenvalue weighted by Gasteiger charge is -2.31. The van der Waals surface area contributed by atoms with Gasteiger partial charge in [0.15, 0.2) is 22.8 Å². The second-order valence-electron chi connectivity index (χ2n) is 8.01. The van der Waals surface area contributed by atoms with Gasteiger partial charge >= 0.3 is 0 Å². The number of hydrogen-bond donors (Lipinski definition) is 2. The first-order valence-corrected chi connectivity index (χ1v) is 12.7. The van der Waals surface area contributed by atoms with Crippen LogP contribution in [0.5, 0.6) is 5.88 Å². The minimum atomic E-state index is -0.783. The molecule has 0 spiro atoms. The van der Waals surface area contributed by atoms with E-state index >= 15 is 0 Å². The van der Waals surface area contributed by atoms with Crippen molar-refractivity contribution in [1.82, 2.24) is 25.3 Å². The zero-order chi connectivity index (χ0) is 22.6. The van der Waals surface area contributed by atoms with Crippen LogP contribution in [0.2, 0.25) is 0 Å². The molecule has 0 atom stereocenters. The lowest BCUT2D eigenvalue weighted by atomic mass is 10.2. The summed E-state index contributed by atoms with van der Waals surface area (Å²) in [7, 11) is 0.803. The highest BCUT2D eigenvalue weighted by atomic mass is 32.2. The molecule has 0 amide bonds. The number of piperazine rings is 1. The number of fused-ring (bicyclic) bond motifs is 1. The van der Waals surface area contributed by atoms with E-state index in [1.807, 2.05) is 18.2 Å². The number of nitrogens with one attached hydrogen (secondary N) is 2. The summed E-state index contributed by atoms with van der Waals surface area (Å²) in [6.45, 7) is 5.36. The Kier molecular flexibility index (Phi) is 6.49. The molecule has 10 nitrogen and oxygen atoms in total. The van der Waals surface area contributed by atoms with Crippen LogP contribution in [0, 0.1) is 0 Å². The van der Waals surface area contributed by atoms with Crippen molar-refractivity contribution in [3.05, 3.63) is 35.9 Å². The summed E-state index contributed by atoms with van der Waals surface area (Å²) in [6.07, 6.45) is 0. The lowest BCUT2D eigenvalue weighted by molar-refractivity contribution is 0.399. The summed E-state index contributed by atoms with van der Waals surface area (Å²) >= 11 is 0. The van der Waals surface area contributed by atoms with Crippen LogP contribution in [0.3, 0.4) is 0 Å². The predicted molar refractivity (Wildman–Crippen MR) is 131 cm³/mol. The number of ether oxygens (including phenoxy) is 1. The van der Waals surface area contributed by atoms with Crippen molar-refractivity contribution in [3.8, 4) is 5.88 Å². The van der Waals surface area contributed by atoms with E-state index in [4.69, 9.17) is 24.7 Å². The summed E-state index contributed by atoms with van der Waals surface area (Å²) in [4.78, 5) is 23.6. The zero-order valence-electron chi connectivity index (χ0n) is 18.7. The molecule has 0 unspecified atom stereocenters. The highest BCUT2D eigenvalue weighted by Gasteiger charge is 2.25. The van der Waals surface area contributed by atoms with Gasteiger partial charge in [0.2, 0.25) is 5.95 Å². The molecule has 2 aliphatic rings. The summed E-state index contributed by atoms with van der Waals surface area (Å²) in [5.74, 6) is 3.57. The van der Waals surface area contributed by atoms with Crippen LogP contribution < -0.4 is 25.2 Å². The largest absolute Gasteiger partial charge is 0.478 e. The molecular weight excluding hydrogens is 440 g/mol. The number of nitrogens with zero attached hydrogens (tertiary/aromatic N) is 6. The van der Waals surface area contributed by atoms with Crippen LogP contribution in [-0.4, -0.2) is 82.0 Å². The van der Waals surface area contributed by atoms with Crippen molar-refractivity contribution in [1.29, 1.82) is 0 Å². The van der Waals surface area contributed by atoms with Gasteiger partial charge in [-0.1, -0.05) is 30.3 Å². The van der Waals surface area contributed by atoms with Gasteiger partial charge in [0.1, 0.15) is 0 Å². The monoisotopic (exact) mass is 468 g/mol. The second kappa shape index (κ2) is 9.84. The van der Waals surface area contributed by atoms with Gasteiger partial charge in [-0.3, -0.25) is 4.21 Å². The fourth-order valence-corrected chi connectivity index (χ4v) is 5.07. The molecular formula is C22H28N8O2S. The van der Waals surface area contributed by atoms with Crippen LogP contribution in [-0.2, 0) is 17.3 Å². The number of benzene rings is 1. The van der Waals surface area contributed by atoms with E-state index in [9.17, 15) is 4.21 Å². The first-order valence-electron chi connectivity index (χ1n) is 11.2. The molecule has 2 aromatic heterocycles. The standard InChI is InChI=1S/C22H28N8O2S/c1-32-21-19(24-15-16-5-3-2-4-6-16)26-18-17(25-21)20(29-11-13-33(31)14-12-29)28-22(27-18)30-9-7-23-8-10-30/h2-6,23H,7-15H2,1H3,(H,24,26,27,28). The van der Waals surface area contributed by atoms with Crippen LogP contribution in [0.15, 0.2) is 30.3 Å². The third-order valence-electron chi connectivity index (χ3n) is 5.84. The fraction of sp³-hybridized carbons (Fsp3) is 0.455. The van der Waals surface area contributed by atoms with Crippen molar-refractivity contribution in [2.45, 2.75) is 6.54 Å². The predicted octanol–water partition coefficient (Wildman–Crippen LogP) is 1.02. The van der Waals surface area contributed by atoms with Crippen LogP contribution in [0.25, 0.3) is 11.2 Å². The smallest absolute Gasteiger partial charge is 0.258 e. The number of methoxy groups -OCH3 is 1. The molecule has 11 heteroatoms. The third kappa shape index (κ3) is 4.83. The SMILES string of the molecule is COc1nc2c(N3CCS(=O)CC3)nc(N3CCNCC3)nc2nc1NCc1ccccc1. The number of rotatable bonds is 6. The lowest BCUT2D eigenvalue weighted by Crippen LogP contribution is -2.44. The van der Waals surface area contributed by atoms with Gasteiger partial charge in [-0.05, 0) is 5.56 Å². The van der Waals surface area contributed by atoms with Crippen LogP contribution in [0.4, 0.5) is 17.6 Å². The summed E-state index contributed by atoms with van der Waals surface area (Å²) in [5, 5.41) is 6.71. The maximum absolute atomic E-state index is 11.9. The average molecular weight is 469 g/mol. The van der Waals surface area contributed by atoms with Crippen LogP contribution >= 0.6 is 0 Å². The molecule has 2 N–H and O–H groups in total. The Morgan fingerprint density at radius 1 is 1.00 bits per heavy atom. The molecule has 1 aromatic carbocycles. The topological polar surface area (TPSA) is 108 Å². The Morgan fingerprint density at radius 3 is 2.48 bits per heavy atom. The highest BCUT2D eigenvalue weighted by molar-refractivity contribution is 7.85. The third-order valence-corrected chi connectivity index (χ3v) is 7.12. The minimum absolute atomic E-state index is 0.402. The van der Waals surface area contributed by atoms with E-state index in [2.05, 4.69) is 32.6 Å². The Labute approximate surface area is 195 Å². The van der Waals surface area contributed by atoms with Crippen LogP contribution in [0.1, 0.15) is 5.56 Å². The summed E-state index contributed by atoms with van der Waals surface area (Å²) in [5.41, 5.74) is 2.26. The molecule has 2 fully saturated rings. The molecule has 0 radical (unpaired) electrons. The summed E-state index contributed by atoms with van der Waals surface area (Å²) < 4.78 is 17.5. The van der Waals surface area contributed by atoms with Gasteiger partial charge in [-0.15, -0.1) is 0 Å². The van der Waals surface area contributed by atoms with E-state index < -0.39 is 10.8 Å². The molecule has 2 saturated heterocycles. The molecule has 174 valence electrons. The molecule has 0 saturated carbocycles. The molecule has 4 heterocycles. The van der Waals surface area contributed by atoms with E-state index in [0.717, 1.165) is 37.6 Å². The number of hydrogen-bond acceptors (Lipinski definition) is 10. The van der Waals surface area contributed by atoms with Gasteiger partial charge in [0.05, 0.1) is 7.11 Å². The molecule has 0 bridgehead atoms. The van der Waals surface area contributed by atoms with Gasteiger partial charge in [0, 0.05) is 68.1 Å².